The minimum absolute atomic E-state index is 0.110. The quantitative estimate of drug-likeness (QED) is 0.325. The summed E-state index contributed by atoms with van der Waals surface area (Å²) in [4.78, 5) is 13.3. The van der Waals surface area contributed by atoms with Crippen LogP contribution in [0.25, 0.3) is 0 Å². The van der Waals surface area contributed by atoms with Gasteiger partial charge in [-0.05, 0) is 49.4 Å². The predicted molar refractivity (Wildman–Crippen MR) is 150 cm³/mol. The van der Waals surface area contributed by atoms with Crippen molar-refractivity contribution in [3.63, 3.8) is 0 Å². The molecule has 0 saturated carbocycles. The number of hydrogen-bond donors (Lipinski definition) is 1. The summed E-state index contributed by atoms with van der Waals surface area (Å²) < 4.78 is 61.2. The first-order valence-electron chi connectivity index (χ1n) is 12.1. The third-order valence-electron chi connectivity index (χ3n) is 6.17. The van der Waals surface area contributed by atoms with Crippen molar-refractivity contribution in [3.05, 3.63) is 60.2 Å². The molecule has 0 spiro atoms. The van der Waals surface area contributed by atoms with Gasteiger partial charge < -0.3 is 33.7 Å². The lowest BCUT2D eigenvalue weighted by molar-refractivity contribution is -0.120. The minimum atomic E-state index is -4.33. The van der Waals surface area contributed by atoms with Gasteiger partial charge >= 0.3 is 0 Å². The molecule has 0 unspecified atom stereocenters. The number of amides is 1. The molecule has 0 aliphatic carbocycles. The summed E-state index contributed by atoms with van der Waals surface area (Å²) in [5.41, 5.74) is 0.766. The molecule has 0 saturated heterocycles. The van der Waals surface area contributed by atoms with Gasteiger partial charge in [-0.15, -0.1) is 0 Å². The molecule has 0 heterocycles. The summed E-state index contributed by atoms with van der Waals surface area (Å²) in [6.07, 6.45) is 0. The van der Waals surface area contributed by atoms with Gasteiger partial charge in [-0.1, -0.05) is 0 Å². The lowest BCUT2D eigenvalue weighted by Gasteiger charge is -2.27. The SMILES string of the molecule is COc1ccc(OC)c([C@H](C)NC(=O)CN(c2cc(OC)ccc2OC)S(=O)(=O)c2ccc(OC)c(OC)c2)c1. The van der Waals surface area contributed by atoms with E-state index in [4.69, 9.17) is 28.4 Å². The maximum atomic E-state index is 14.1. The zero-order valence-corrected chi connectivity index (χ0v) is 24.3. The number of ether oxygens (including phenoxy) is 6. The number of nitrogens with zero attached hydrogens (tertiary/aromatic N) is 1. The van der Waals surface area contributed by atoms with Gasteiger partial charge in [-0.3, -0.25) is 9.10 Å². The van der Waals surface area contributed by atoms with Crippen LogP contribution in [-0.2, 0) is 14.8 Å². The van der Waals surface area contributed by atoms with Crippen LogP contribution < -0.4 is 38.0 Å². The van der Waals surface area contributed by atoms with Gasteiger partial charge in [0.05, 0.1) is 59.3 Å². The van der Waals surface area contributed by atoms with Gasteiger partial charge in [0.25, 0.3) is 10.0 Å². The molecule has 3 rings (SSSR count). The average Bonchev–Trinajstić information content (AvgIpc) is 2.98. The maximum absolute atomic E-state index is 14.1. The lowest BCUT2D eigenvalue weighted by Crippen LogP contribution is -2.41. The highest BCUT2D eigenvalue weighted by Crippen LogP contribution is 2.38. The van der Waals surface area contributed by atoms with Crippen LogP contribution in [0.3, 0.4) is 0 Å². The number of carbonyl (C=O) groups excluding carboxylic acids is 1. The van der Waals surface area contributed by atoms with Crippen LogP contribution in [0.2, 0.25) is 0 Å². The number of sulfonamides is 1. The molecule has 1 atom stereocenters. The van der Waals surface area contributed by atoms with E-state index in [0.29, 0.717) is 28.6 Å². The summed E-state index contributed by atoms with van der Waals surface area (Å²) in [5.74, 6) is 1.70. The second-order valence-corrected chi connectivity index (χ2v) is 10.3. The molecule has 0 radical (unpaired) electrons. The number of anilines is 1. The molecule has 0 aromatic heterocycles. The molecule has 3 aromatic carbocycles. The molecular formula is C28H34N2O9S. The topological polar surface area (TPSA) is 122 Å². The highest BCUT2D eigenvalue weighted by molar-refractivity contribution is 7.92. The van der Waals surface area contributed by atoms with Crippen molar-refractivity contribution in [1.29, 1.82) is 0 Å². The second kappa shape index (κ2) is 13.2. The van der Waals surface area contributed by atoms with E-state index in [0.717, 1.165) is 4.31 Å². The van der Waals surface area contributed by atoms with E-state index in [-0.39, 0.29) is 22.1 Å². The van der Waals surface area contributed by atoms with Crippen LogP contribution in [0.5, 0.6) is 34.5 Å². The Morgan fingerprint density at radius 1 is 0.725 bits per heavy atom. The van der Waals surface area contributed by atoms with Crippen LogP contribution in [0.4, 0.5) is 5.69 Å². The van der Waals surface area contributed by atoms with Gasteiger partial charge in [0.1, 0.15) is 29.5 Å². The fraction of sp³-hybridized carbons (Fsp3) is 0.321. The van der Waals surface area contributed by atoms with Crippen molar-refractivity contribution in [2.24, 2.45) is 0 Å². The van der Waals surface area contributed by atoms with Crippen molar-refractivity contribution >= 4 is 21.6 Å². The van der Waals surface area contributed by atoms with E-state index in [9.17, 15) is 13.2 Å². The Morgan fingerprint density at radius 3 is 1.85 bits per heavy atom. The highest BCUT2D eigenvalue weighted by Gasteiger charge is 2.31. The Hall–Kier alpha value is -4.32. The van der Waals surface area contributed by atoms with Crippen LogP contribution in [0, 0.1) is 0 Å². The Bertz CT molecular complexity index is 1440. The van der Waals surface area contributed by atoms with Crippen LogP contribution in [-0.4, -0.2) is 63.5 Å². The molecule has 1 N–H and O–H groups in total. The van der Waals surface area contributed by atoms with Crippen molar-refractivity contribution in [3.8, 4) is 34.5 Å². The zero-order chi connectivity index (χ0) is 29.4. The lowest BCUT2D eigenvalue weighted by atomic mass is 10.1. The maximum Gasteiger partial charge on any atom is 0.265 e. The molecule has 3 aromatic rings. The van der Waals surface area contributed by atoms with E-state index >= 15 is 0 Å². The summed E-state index contributed by atoms with van der Waals surface area (Å²) in [5, 5.41) is 2.86. The molecule has 0 aliphatic rings. The summed E-state index contributed by atoms with van der Waals surface area (Å²) in [7, 11) is 4.43. The molecule has 216 valence electrons. The normalized spacial score (nSPS) is 11.7. The van der Waals surface area contributed by atoms with E-state index in [1.807, 2.05) is 0 Å². The van der Waals surface area contributed by atoms with E-state index in [1.165, 1.54) is 66.9 Å². The first-order valence-corrected chi connectivity index (χ1v) is 13.6. The Morgan fingerprint density at radius 2 is 1.27 bits per heavy atom. The number of methoxy groups -OCH3 is 6. The number of nitrogens with one attached hydrogen (secondary N) is 1. The number of rotatable bonds is 13. The van der Waals surface area contributed by atoms with E-state index < -0.39 is 28.5 Å². The van der Waals surface area contributed by atoms with Crippen molar-refractivity contribution in [1.82, 2.24) is 5.32 Å². The van der Waals surface area contributed by atoms with Crippen LogP contribution >= 0.6 is 0 Å². The van der Waals surface area contributed by atoms with Crippen LogP contribution in [0.15, 0.2) is 59.5 Å². The highest BCUT2D eigenvalue weighted by atomic mass is 32.2. The van der Waals surface area contributed by atoms with Crippen molar-refractivity contribution in [2.45, 2.75) is 17.9 Å². The molecule has 1 amide bonds. The Balaban J connectivity index is 2.06. The predicted octanol–water partition coefficient (Wildman–Crippen LogP) is 3.81. The van der Waals surface area contributed by atoms with E-state index in [1.54, 1.807) is 37.3 Å². The molecular weight excluding hydrogens is 540 g/mol. The monoisotopic (exact) mass is 574 g/mol. The first kappa shape index (κ1) is 30.2. The average molecular weight is 575 g/mol. The Labute approximate surface area is 234 Å². The molecule has 0 aliphatic heterocycles. The molecule has 0 fully saturated rings. The van der Waals surface area contributed by atoms with Crippen molar-refractivity contribution < 1.29 is 41.6 Å². The summed E-state index contributed by atoms with van der Waals surface area (Å²) in [6.45, 7) is 1.19. The van der Waals surface area contributed by atoms with Crippen molar-refractivity contribution in [2.75, 3.05) is 53.5 Å². The molecule has 0 bridgehead atoms. The van der Waals surface area contributed by atoms with Gasteiger partial charge in [-0.2, -0.15) is 0 Å². The second-order valence-electron chi connectivity index (χ2n) is 8.46. The molecule has 12 heteroatoms. The third-order valence-corrected chi connectivity index (χ3v) is 7.92. The fourth-order valence-electron chi connectivity index (χ4n) is 4.07. The molecule has 40 heavy (non-hydrogen) atoms. The Kier molecular flexibility index (Phi) is 9.94. The third kappa shape index (κ3) is 6.45. The standard InChI is InChI=1S/C28H34N2O9S/c1-18(22-14-19(34-2)8-11-24(22)36-4)29-28(31)17-30(23-15-20(35-3)9-12-25(23)37-5)40(32,33)21-10-13-26(38-6)27(16-21)39-7/h8-16,18H,17H2,1-7H3,(H,29,31)/t18-/m0/s1. The zero-order valence-electron chi connectivity index (χ0n) is 23.5. The first-order chi connectivity index (χ1) is 19.1. The van der Waals surface area contributed by atoms with Crippen LogP contribution in [0.1, 0.15) is 18.5 Å². The number of carbonyl (C=O) groups is 1. The summed E-state index contributed by atoms with van der Waals surface area (Å²) >= 11 is 0. The number of hydrogen-bond acceptors (Lipinski definition) is 9. The smallest absolute Gasteiger partial charge is 0.265 e. The fourth-order valence-corrected chi connectivity index (χ4v) is 5.51. The largest absolute Gasteiger partial charge is 0.497 e. The van der Waals surface area contributed by atoms with Gasteiger partial charge in [0, 0.05) is 17.7 Å². The van der Waals surface area contributed by atoms with E-state index in [2.05, 4.69) is 5.32 Å². The van der Waals surface area contributed by atoms with Gasteiger partial charge in [0.2, 0.25) is 5.91 Å². The van der Waals surface area contributed by atoms with Gasteiger partial charge in [0.15, 0.2) is 11.5 Å². The minimum Gasteiger partial charge on any atom is -0.497 e. The number of benzene rings is 3. The summed E-state index contributed by atoms with van der Waals surface area (Å²) in [6, 6.07) is 13.5. The molecule has 11 nitrogen and oxygen atoms in total. The van der Waals surface area contributed by atoms with Gasteiger partial charge in [-0.25, -0.2) is 8.42 Å².